The van der Waals surface area contributed by atoms with Crippen molar-refractivity contribution in [1.82, 2.24) is 20.4 Å². The molecule has 0 radical (unpaired) electrons. The van der Waals surface area contributed by atoms with Crippen molar-refractivity contribution in [2.24, 2.45) is 0 Å². The van der Waals surface area contributed by atoms with E-state index in [0.717, 1.165) is 56.5 Å². The molecule has 6 heteroatoms. The van der Waals surface area contributed by atoms with E-state index in [1.807, 2.05) is 24.4 Å². The summed E-state index contributed by atoms with van der Waals surface area (Å²) < 4.78 is 15.0. The van der Waals surface area contributed by atoms with Crippen LogP contribution in [0.15, 0.2) is 36.5 Å². The number of halogens is 1. The van der Waals surface area contributed by atoms with Gasteiger partial charge in [-0.05, 0) is 56.0 Å². The van der Waals surface area contributed by atoms with Gasteiger partial charge in [-0.2, -0.15) is 5.10 Å². The molecule has 5 nitrogen and oxygen atoms in total. The van der Waals surface area contributed by atoms with Crippen LogP contribution in [-0.4, -0.2) is 35.3 Å². The molecule has 1 saturated heterocycles. The summed E-state index contributed by atoms with van der Waals surface area (Å²) in [4.78, 5) is 12.5. The molecule has 4 rings (SSSR count). The fourth-order valence-corrected chi connectivity index (χ4v) is 4.68. The molecule has 0 spiro atoms. The SMILES string of the molecule is O=C(Cn1ccc([C@@H]2CCCNC2)n1)NCC1(c2ccc(F)cc2)CCCC1. The van der Waals surface area contributed by atoms with Gasteiger partial charge in [0.05, 0.1) is 5.69 Å². The molecule has 2 N–H and O–H groups in total. The molecule has 1 saturated carbocycles. The molecule has 1 aromatic carbocycles. The van der Waals surface area contributed by atoms with Crippen molar-refractivity contribution in [3.8, 4) is 0 Å². The Morgan fingerprint density at radius 1 is 1.21 bits per heavy atom. The maximum absolute atomic E-state index is 13.3. The van der Waals surface area contributed by atoms with Gasteiger partial charge in [-0.1, -0.05) is 25.0 Å². The van der Waals surface area contributed by atoms with Crippen LogP contribution in [-0.2, 0) is 16.8 Å². The topological polar surface area (TPSA) is 59.0 Å². The van der Waals surface area contributed by atoms with Crippen LogP contribution in [0.4, 0.5) is 4.39 Å². The lowest BCUT2D eigenvalue weighted by molar-refractivity contribution is -0.122. The van der Waals surface area contributed by atoms with Gasteiger partial charge in [0.2, 0.25) is 5.91 Å². The minimum Gasteiger partial charge on any atom is -0.354 e. The molecule has 1 aromatic heterocycles. The Hall–Kier alpha value is -2.21. The zero-order valence-corrected chi connectivity index (χ0v) is 16.3. The lowest BCUT2D eigenvalue weighted by Crippen LogP contribution is -2.40. The number of hydrogen-bond donors (Lipinski definition) is 2. The van der Waals surface area contributed by atoms with Crippen LogP contribution in [0.1, 0.15) is 55.7 Å². The Kier molecular flexibility index (Phi) is 5.76. The standard InChI is InChI=1S/C22H29FN4O/c23-19-7-5-18(6-8-19)22(10-1-2-11-22)16-25-21(28)15-27-13-9-20(26-27)17-4-3-12-24-14-17/h5-9,13,17,24H,1-4,10-12,14-16H2,(H,25,28)/t17-/m1/s1. The van der Waals surface area contributed by atoms with Gasteiger partial charge < -0.3 is 10.6 Å². The average molecular weight is 384 g/mol. The molecular weight excluding hydrogens is 355 g/mol. The minimum atomic E-state index is -0.219. The number of benzene rings is 1. The summed E-state index contributed by atoms with van der Waals surface area (Å²) in [5, 5.41) is 11.1. The Morgan fingerprint density at radius 3 is 2.71 bits per heavy atom. The Bertz CT molecular complexity index is 789. The second kappa shape index (κ2) is 8.43. The van der Waals surface area contributed by atoms with E-state index in [4.69, 9.17) is 0 Å². The third kappa shape index (κ3) is 4.27. The van der Waals surface area contributed by atoms with Gasteiger partial charge in [0, 0.05) is 30.6 Å². The van der Waals surface area contributed by atoms with E-state index in [1.165, 1.54) is 18.6 Å². The number of nitrogens with zero attached hydrogens (tertiary/aromatic N) is 2. The first-order valence-corrected chi connectivity index (χ1v) is 10.4. The number of carbonyl (C=O) groups is 1. The van der Waals surface area contributed by atoms with Gasteiger partial charge in [-0.25, -0.2) is 4.39 Å². The predicted molar refractivity (Wildman–Crippen MR) is 107 cm³/mol. The van der Waals surface area contributed by atoms with Crippen LogP contribution in [0, 0.1) is 5.82 Å². The molecule has 2 aromatic rings. The molecule has 1 atom stereocenters. The lowest BCUT2D eigenvalue weighted by Gasteiger charge is -2.30. The highest BCUT2D eigenvalue weighted by molar-refractivity contribution is 5.75. The van der Waals surface area contributed by atoms with Crippen LogP contribution in [0.3, 0.4) is 0 Å². The number of nitrogens with one attached hydrogen (secondary N) is 2. The zero-order valence-electron chi connectivity index (χ0n) is 16.3. The predicted octanol–water partition coefficient (Wildman–Crippen LogP) is 3.12. The van der Waals surface area contributed by atoms with Gasteiger partial charge in [0.15, 0.2) is 0 Å². The number of carbonyl (C=O) groups excluding carboxylic acids is 1. The molecular formula is C22H29FN4O. The summed E-state index contributed by atoms with van der Waals surface area (Å²) in [6.45, 7) is 2.87. The number of hydrogen-bond acceptors (Lipinski definition) is 3. The Balaban J connectivity index is 1.35. The summed E-state index contributed by atoms with van der Waals surface area (Å²) in [6, 6.07) is 8.79. The highest BCUT2D eigenvalue weighted by Gasteiger charge is 2.35. The fourth-order valence-electron chi connectivity index (χ4n) is 4.68. The van der Waals surface area contributed by atoms with Crippen molar-refractivity contribution in [2.75, 3.05) is 19.6 Å². The highest BCUT2D eigenvalue weighted by Crippen LogP contribution is 2.40. The van der Waals surface area contributed by atoms with Gasteiger partial charge in [-0.15, -0.1) is 0 Å². The van der Waals surface area contributed by atoms with Crippen molar-refractivity contribution >= 4 is 5.91 Å². The minimum absolute atomic E-state index is 0.0233. The first kappa shape index (κ1) is 19.1. The van der Waals surface area contributed by atoms with Gasteiger partial charge in [0.1, 0.15) is 12.4 Å². The van der Waals surface area contributed by atoms with Crippen LogP contribution < -0.4 is 10.6 Å². The van der Waals surface area contributed by atoms with E-state index >= 15 is 0 Å². The van der Waals surface area contributed by atoms with Gasteiger partial charge in [0.25, 0.3) is 0 Å². The lowest BCUT2D eigenvalue weighted by atomic mass is 9.79. The molecule has 28 heavy (non-hydrogen) atoms. The van der Waals surface area contributed by atoms with Crippen molar-refractivity contribution in [1.29, 1.82) is 0 Å². The molecule has 0 unspecified atom stereocenters. The fraction of sp³-hybridized carbons (Fsp3) is 0.545. The van der Waals surface area contributed by atoms with Gasteiger partial charge in [-0.3, -0.25) is 9.48 Å². The summed E-state index contributed by atoms with van der Waals surface area (Å²) in [5.41, 5.74) is 2.11. The molecule has 0 bridgehead atoms. The van der Waals surface area contributed by atoms with Crippen molar-refractivity contribution in [2.45, 2.75) is 56.4 Å². The smallest absolute Gasteiger partial charge is 0.241 e. The Labute approximate surface area is 165 Å². The summed E-state index contributed by atoms with van der Waals surface area (Å²) >= 11 is 0. The first-order valence-electron chi connectivity index (χ1n) is 10.4. The quantitative estimate of drug-likeness (QED) is 0.805. The highest BCUT2D eigenvalue weighted by atomic mass is 19.1. The summed E-state index contributed by atoms with van der Waals surface area (Å²) in [5.74, 6) is 0.201. The average Bonchev–Trinajstić information content (AvgIpc) is 3.38. The van der Waals surface area contributed by atoms with Crippen molar-refractivity contribution < 1.29 is 9.18 Å². The van der Waals surface area contributed by atoms with Crippen LogP contribution in [0.5, 0.6) is 0 Å². The van der Waals surface area contributed by atoms with E-state index in [0.29, 0.717) is 12.5 Å². The number of piperidine rings is 1. The van der Waals surface area contributed by atoms with Crippen LogP contribution >= 0.6 is 0 Å². The third-order valence-corrected chi connectivity index (χ3v) is 6.32. The molecule has 2 fully saturated rings. The molecule has 1 amide bonds. The third-order valence-electron chi connectivity index (χ3n) is 6.32. The van der Waals surface area contributed by atoms with Crippen molar-refractivity contribution in [3.63, 3.8) is 0 Å². The normalized spacial score (nSPS) is 21.5. The second-order valence-corrected chi connectivity index (χ2v) is 8.25. The number of amides is 1. The maximum Gasteiger partial charge on any atom is 0.241 e. The van der Waals surface area contributed by atoms with Crippen LogP contribution in [0.2, 0.25) is 0 Å². The molecule has 1 aliphatic heterocycles. The Morgan fingerprint density at radius 2 is 2.00 bits per heavy atom. The van der Waals surface area contributed by atoms with E-state index < -0.39 is 0 Å². The summed E-state index contributed by atoms with van der Waals surface area (Å²) in [6.07, 6.45) is 8.56. The second-order valence-electron chi connectivity index (χ2n) is 8.25. The molecule has 2 heterocycles. The molecule has 150 valence electrons. The maximum atomic E-state index is 13.3. The molecule has 2 aliphatic rings. The summed E-state index contributed by atoms with van der Waals surface area (Å²) in [7, 11) is 0. The number of rotatable bonds is 6. The monoisotopic (exact) mass is 384 g/mol. The van der Waals surface area contributed by atoms with E-state index in [2.05, 4.69) is 15.7 Å². The van der Waals surface area contributed by atoms with E-state index in [9.17, 15) is 9.18 Å². The number of aromatic nitrogens is 2. The van der Waals surface area contributed by atoms with Gasteiger partial charge >= 0.3 is 0 Å². The largest absolute Gasteiger partial charge is 0.354 e. The van der Waals surface area contributed by atoms with E-state index in [-0.39, 0.29) is 23.7 Å². The molecule has 1 aliphatic carbocycles. The first-order chi connectivity index (χ1) is 13.6. The van der Waals surface area contributed by atoms with Crippen molar-refractivity contribution in [3.05, 3.63) is 53.6 Å². The van der Waals surface area contributed by atoms with Crippen LogP contribution in [0.25, 0.3) is 0 Å². The zero-order chi connectivity index (χ0) is 19.4. The van der Waals surface area contributed by atoms with E-state index in [1.54, 1.807) is 4.68 Å².